The number of nitrogens with one attached hydrogen (secondary N) is 1. The lowest BCUT2D eigenvalue weighted by Crippen LogP contribution is -2.32. The molecule has 1 N–H and O–H groups in total. The minimum absolute atomic E-state index is 0.0499. The Morgan fingerprint density at radius 3 is 2.42 bits per heavy atom. The van der Waals surface area contributed by atoms with Crippen molar-refractivity contribution >= 4 is 11.8 Å². The van der Waals surface area contributed by atoms with Gasteiger partial charge < -0.3 is 5.32 Å². The molecule has 4 nitrogen and oxygen atoms in total. The maximum atomic E-state index is 12.3. The van der Waals surface area contributed by atoms with E-state index in [1.807, 2.05) is 12.2 Å². The standard InChI is InChI=1S/C15H20N2O2/c18-14-12-3-1-2-4-13(12)15(19)17(14)10-7-11-5-8-16-9-6-11/h1-2,5,12-13,16H,3-4,6-10H2. The van der Waals surface area contributed by atoms with Crippen LogP contribution in [0, 0.1) is 11.8 Å². The van der Waals surface area contributed by atoms with E-state index in [1.54, 1.807) is 0 Å². The maximum Gasteiger partial charge on any atom is 0.233 e. The summed E-state index contributed by atoms with van der Waals surface area (Å²) in [6.45, 7) is 2.48. The molecule has 1 aliphatic carbocycles. The number of amides is 2. The first-order valence-corrected chi connectivity index (χ1v) is 7.16. The van der Waals surface area contributed by atoms with Gasteiger partial charge in [-0.25, -0.2) is 0 Å². The molecule has 2 atom stereocenters. The van der Waals surface area contributed by atoms with Crippen LogP contribution in [-0.4, -0.2) is 36.3 Å². The van der Waals surface area contributed by atoms with Gasteiger partial charge in [-0.05, 0) is 32.2 Å². The van der Waals surface area contributed by atoms with Gasteiger partial charge in [-0.3, -0.25) is 14.5 Å². The predicted molar refractivity (Wildman–Crippen MR) is 72.3 cm³/mol. The molecule has 0 bridgehead atoms. The Hall–Kier alpha value is -1.42. The summed E-state index contributed by atoms with van der Waals surface area (Å²) in [7, 11) is 0. The molecule has 0 aromatic carbocycles. The van der Waals surface area contributed by atoms with Crippen LogP contribution >= 0.6 is 0 Å². The number of carbonyl (C=O) groups is 2. The highest BCUT2D eigenvalue weighted by atomic mass is 16.2. The highest BCUT2D eigenvalue weighted by molar-refractivity contribution is 6.05. The summed E-state index contributed by atoms with van der Waals surface area (Å²) in [5.41, 5.74) is 1.37. The Kier molecular flexibility index (Phi) is 3.51. The molecule has 0 radical (unpaired) electrons. The van der Waals surface area contributed by atoms with Gasteiger partial charge in [0.15, 0.2) is 0 Å². The molecule has 19 heavy (non-hydrogen) atoms. The van der Waals surface area contributed by atoms with E-state index in [0.717, 1.165) is 38.8 Å². The molecular weight excluding hydrogens is 240 g/mol. The molecule has 0 aromatic heterocycles. The van der Waals surface area contributed by atoms with Crippen molar-refractivity contribution in [1.82, 2.24) is 10.2 Å². The van der Waals surface area contributed by atoms with E-state index in [9.17, 15) is 9.59 Å². The van der Waals surface area contributed by atoms with Crippen LogP contribution in [0.1, 0.15) is 25.7 Å². The molecule has 2 heterocycles. The normalized spacial score (nSPS) is 30.5. The van der Waals surface area contributed by atoms with Crippen molar-refractivity contribution in [3.05, 3.63) is 23.8 Å². The summed E-state index contributed by atoms with van der Waals surface area (Å²) in [6, 6.07) is 0. The van der Waals surface area contributed by atoms with E-state index in [2.05, 4.69) is 11.4 Å². The van der Waals surface area contributed by atoms with E-state index in [4.69, 9.17) is 0 Å². The maximum absolute atomic E-state index is 12.3. The Labute approximate surface area is 113 Å². The van der Waals surface area contributed by atoms with Gasteiger partial charge in [-0.2, -0.15) is 0 Å². The minimum Gasteiger partial charge on any atom is -0.313 e. The van der Waals surface area contributed by atoms with E-state index < -0.39 is 0 Å². The van der Waals surface area contributed by atoms with Gasteiger partial charge in [0.25, 0.3) is 0 Å². The lowest BCUT2D eigenvalue weighted by molar-refractivity contribution is -0.139. The number of imide groups is 1. The number of nitrogens with zero attached hydrogens (tertiary/aromatic N) is 1. The van der Waals surface area contributed by atoms with Crippen molar-refractivity contribution in [2.24, 2.45) is 11.8 Å². The number of carbonyl (C=O) groups excluding carboxylic acids is 2. The van der Waals surface area contributed by atoms with Crippen LogP contribution in [0.15, 0.2) is 23.8 Å². The lowest BCUT2D eigenvalue weighted by Gasteiger charge is -2.18. The minimum atomic E-state index is -0.0838. The molecule has 102 valence electrons. The molecule has 4 heteroatoms. The first kappa shape index (κ1) is 12.6. The third-order valence-corrected chi connectivity index (χ3v) is 4.41. The van der Waals surface area contributed by atoms with Gasteiger partial charge in [0.2, 0.25) is 11.8 Å². The molecule has 0 saturated carbocycles. The van der Waals surface area contributed by atoms with E-state index >= 15 is 0 Å². The zero-order valence-electron chi connectivity index (χ0n) is 11.1. The average Bonchev–Trinajstić information content (AvgIpc) is 2.71. The number of hydrogen-bond donors (Lipinski definition) is 1. The molecule has 2 unspecified atom stereocenters. The first-order valence-electron chi connectivity index (χ1n) is 7.16. The van der Waals surface area contributed by atoms with Crippen LogP contribution < -0.4 is 5.32 Å². The Bertz CT molecular complexity index is 427. The topological polar surface area (TPSA) is 49.4 Å². The number of hydrogen-bond acceptors (Lipinski definition) is 3. The highest BCUT2D eigenvalue weighted by Crippen LogP contribution is 2.35. The smallest absolute Gasteiger partial charge is 0.233 e. The number of rotatable bonds is 3. The first-order chi connectivity index (χ1) is 9.27. The predicted octanol–water partition coefficient (Wildman–Crippen LogP) is 1.25. The van der Waals surface area contributed by atoms with Gasteiger partial charge in [-0.1, -0.05) is 23.8 Å². The Balaban J connectivity index is 1.63. The summed E-state index contributed by atoms with van der Waals surface area (Å²) in [5, 5.41) is 3.27. The van der Waals surface area contributed by atoms with Gasteiger partial charge in [0.1, 0.15) is 0 Å². The third-order valence-electron chi connectivity index (χ3n) is 4.41. The average molecular weight is 260 g/mol. The van der Waals surface area contributed by atoms with Crippen LogP contribution in [0.4, 0.5) is 0 Å². The van der Waals surface area contributed by atoms with E-state index in [-0.39, 0.29) is 23.7 Å². The van der Waals surface area contributed by atoms with Gasteiger partial charge in [0.05, 0.1) is 11.8 Å². The number of allylic oxidation sites excluding steroid dienone is 2. The Morgan fingerprint density at radius 1 is 1.16 bits per heavy atom. The van der Waals surface area contributed by atoms with Crippen molar-refractivity contribution in [2.45, 2.75) is 25.7 Å². The van der Waals surface area contributed by atoms with Crippen molar-refractivity contribution in [3.8, 4) is 0 Å². The van der Waals surface area contributed by atoms with E-state index in [0.29, 0.717) is 6.54 Å². The van der Waals surface area contributed by atoms with Crippen LogP contribution in [-0.2, 0) is 9.59 Å². The van der Waals surface area contributed by atoms with Crippen molar-refractivity contribution in [2.75, 3.05) is 19.6 Å². The van der Waals surface area contributed by atoms with Crippen LogP contribution in [0.3, 0.4) is 0 Å². The summed E-state index contributed by atoms with van der Waals surface area (Å²) in [5.74, 6) is -0.0678. The van der Waals surface area contributed by atoms with Crippen LogP contribution in [0.5, 0.6) is 0 Å². The van der Waals surface area contributed by atoms with Gasteiger partial charge in [-0.15, -0.1) is 0 Å². The molecule has 3 rings (SSSR count). The van der Waals surface area contributed by atoms with Crippen LogP contribution in [0.2, 0.25) is 0 Å². The second-order valence-corrected chi connectivity index (χ2v) is 5.55. The fraction of sp³-hybridized carbons (Fsp3) is 0.600. The zero-order chi connectivity index (χ0) is 13.2. The van der Waals surface area contributed by atoms with Crippen LogP contribution in [0.25, 0.3) is 0 Å². The summed E-state index contributed by atoms with van der Waals surface area (Å²) in [6.07, 6.45) is 9.59. The number of likely N-dealkylation sites (tertiary alicyclic amines) is 1. The monoisotopic (exact) mass is 260 g/mol. The summed E-state index contributed by atoms with van der Waals surface area (Å²) in [4.78, 5) is 26.0. The number of fused-ring (bicyclic) bond motifs is 1. The zero-order valence-corrected chi connectivity index (χ0v) is 11.1. The molecular formula is C15H20N2O2. The van der Waals surface area contributed by atoms with E-state index in [1.165, 1.54) is 10.5 Å². The molecule has 3 aliphatic rings. The van der Waals surface area contributed by atoms with Gasteiger partial charge >= 0.3 is 0 Å². The third kappa shape index (κ3) is 2.37. The molecule has 1 fully saturated rings. The quantitative estimate of drug-likeness (QED) is 0.613. The van der Waals surface area contributed by atoms with Gasteiger partial charge in [0, 0.05) is 13.1 Å². The Morgan fingerprint density at radius 2 is 1.84 bits per heavy atom. The fourth-order valence-corrected chi connectivity index (χ4v) is 3.24. The molecule has 1 saturated heterocycles. The molecule has 0 aromatic rings. The second kappa shape index (κ2) is 5.29. The molecule has 2 amide bonds. The fourth-order valence-electron chi connectivity index (χ4n) is 3.24. The largest absolute Gasteiger partial charge is 0.313 e. The molecule has 0 spiro atoms. The summed E-state index contributed by atoms with van der Waals surface area (Å²) >= 11 is 0. The SMILES string of the molecule is O=C1C2CC=CCC2C(=O)N1CCC1=CCNCC1. The van der Waals surface area contributed by atoms with Crippen molar-refractivity contribution < 1.29 is 9.59 Å². The summed E-state index contributed by atoms with van der Waals surface area (Å²) < 4.78 is 0. The highest BCUT2D eigenvalue weighted by Gasteiger charge is 2.46. The second-order valence-electron chi connectivity index (χ2n) is 5.55. The van der Waals surface area contributed by atoms with Crippen molar-refractivity contribution in [1.29, 1.82) is 0 Å². The molecule has 2 aliphatic heterocycles. The lowest BCUT2D eigenvalue weighted by atomic mass is 9.85. The van der Waals surface area contributed by atoms with Crippen molar-refractivity contribution in [3.63, 3.8) is 0 Å².